The third-order valence-corrected chi connectivity index (χ3v) is 5.48. The van der Waals surface area contributed by atoms with Crippen molar-refractivity contribution in [2.75, 3.05) is 13.7 Å². The summed E-state index contributed by atoms with van der Waals surface area (Å²) in [6.07, 6.45) is 3.96. The minimum Gasteiger partial charge on any atom is -0.396 e. The molecule has 1 aliphatic rings. The molecule has 1 heterocycles. The lowest BCUT2D eigenvalue weighted by atomic mass is 10.1. The predicted molar refractivity (Wildman–Crippen MR) is 127 cm³/mol. The molecule has 0 fully saturated rings. The molecule has 0 amide bonds. The van der Waals surface area contributed by atoms with Gasteiger partial charge in [0.2, 0.25) is 0 Å². The van der Waals surface area contributed by atoms with Crippen LogP contribution in [0.5, 0.6) is 0 Å². The molecule has 0 aliphatic carbocycles. The van der Waals surface area contributed by atoms with E-state index in [1.54, 1.807) is 17.8 Å². The second-order valence-corrected chi connectivity index (χ2v) is 7.71. The van der Waals surface area contributed by atoms with Crippen molar-refractivity contribution in [2.45, 2.75) is 58.2 Å². The van der Waals surface area contributed by atoms with E-state index in [2.05, 4.69) is 44.9 Å². The molecule has 0 aromatic heterocycles. The maximum atomic E-state index is 8.93. The molecule has 27 heavy (non-hydrogen) atoms. The number of nitrogens with zero attached hydrogens (tertiary/aromatic N) is 1. The zero-order chi connectivity index (χ0) is 21.4. The van der Waals surface area contributed by atoms with E-state index in [9.17, 15) is 0 Å². The van der Waals surface area contributed by atoms with E-state index in [-0.39, 0.29) is 12.5 Å². The van der Waals surface area contributed by atoms with Crippen LogP contribution in [0.4, 0.5) is 0 Å². The normalized spacial score (nSPS) is 16.0. The Balaban J connectivity index is 0. The Morgan fingerprint density at radius 1 is 1.30 bits per heavy atom. The molecule has 1 aromatic carbocycles. The fourth-order valence-corrected chi connectivity index (χ4v) is 3.75. The van der Waals surface area contributed by atoms with Crippen molar-refractivity contribution in [1.82, 2.24) is 4.90 Å². The lowest BCUT2D eigenvalue weighted by Gasteiger charge is -2.26. The molecule has 2 rings (SSSR count). The van der Waals surface area contributed by atoms with Gasteiger partial charge in [0, 0.05) is 47.7 Å². The molecular formula is C22H38N2OS2. The summed E-state index contributed by atoms with van der Waals surface area (Å²) in [5.74, 6) is 0.246. The Kier molecular flexibility index (Phi) is 17.6. The molecule has 1 aromatic rings. The minimum atomic E-state index is 0.198. The van der Waals surface area contributed by atoms with E-state index in [1.807, 2.05) is 52.1 Å². The van der Waals surface area contributed by atoms with Crippen LogP contribution in [0.3, 0.4) is 0 Å². The fourth-order valence-electron chi connectivity index (χ4n) is 2.28. The summed E-state index contributed by atoms with van der Waals surface area (Å²) in [4.78, 5) is 4.49. The third kappa shape index (κ3) is 11.3. The molecule has 0 saturated carbocycles. The average Bonchev–Trinajstić information content (AvgIpc) is 2.95. The zero-order valence-corrected chi connectivity index (χ0v) is 19.7. The van der Waals surface area contributed by atoms with Crippen LogP contribution in [0.2, 0.25) is 0 Å². The predicted octanol–water partition coefficient (Wildman–Crippen LogP) is 6.39. The number of thioether (sulfide) groups is 1. The second-order valence-electron chi connectivity index (χ2n) is 5.87. The zero-order valence-electron chi connectivity index (χ0n) is 18.0. The number of benzene rings is 1. The molecular weight excluding hydrogens is 372 g/mol. The molecule has 2 atom stereocenters. The first kappa shape index (κ1) is 28.0. The van der Waals surface area contributed by atoms with Gasteiger partial charge in [-0.25, -0.2) is 0 Å². The van der Waals surface area contributed by atoms with Gasteiger partial charge < -0.3 is 15.4 Å². The molecule has 154 valence electrons. The van der Waals surface area contributed by atoms with E-state index in [1.165, 1.54) is 22.4 Å². The SMILES string of the molecule is C=CC.CC.CC1=C(CCO)N(C)C(C(C)C=N)S1.Cc1ccc(S)cc1. The van der Waals surface area contributed by atoms with Crippen molar-refractivity contribution in [3.05, 3.63) is 53.1 Å². The summed E-state index contributed by atoms with van der Waals surface area (Å²) in [6, 6.07) is 8.06. The van der Waals surface area contributed by atoms with E-state index in [0.29, 0.717) is 5.37 Å². The van der Waals surface area contributed by atoms with Gasteiger partial charge in [-0.3, -0.25) is 0 Å². The topological polar surface area (TPSA) is 47.3 Å². The number of aliphatic hydroxyl groups is 1. The first-order valence-electron chi connectivity index (χ1n) is 9.35. The van der Waals surface area contributed by atoms with Crippen molar-refractivity contribution in [1.29, 1.82) is 5.41 Å². The highest BCUT2D eigenvalue weighted by molar-refractivity contribution is 8.03. The number of rotatable bonds is 4. The van der Waals surface area contributed by atoms with Crippen molar-refractivity contribution in [3.8, 4) is 0 Å². The highest BCUT2D eigenvalue weighted by Crippen LogP contribution is 2.40. The number of thiol groups is 1. The summed E-state index contributed by atoms with van der Waals surface area (Å²) >= 11 is 5.93. The highest BCUT2D eigenvalue weighted by atomic mass is 32.2. The van der Waals surface area contributed by atoms with Crippen molar-refractivity contribution < 1.29 is 5.11 Å². The lowest BCUT2D eigenvalue weighted by molar-refractivity contribution is 0.271. The van der Waals surface area contributed by atoms with Gasteiger partial charge in [0.05, 0.1) is 5.37 Å². The van der Waals surface area contributed by atoms with Crippen LogP contribution in [0, 0.1) is 18.3 Å². The van der Waals surface area contributed by atoms with Crippen molar-refractivity contribution in [2.24, 2.45) is 5.92 Å². The number of hydrogen-bond acceptors (Lipinski definition) is 5. The van der Waals surface area contributed by atoms with Gasteiger partial charge in [0.25, 0.3) is 0 Å². The van der Waals surface area contributed by atoms with Gasteiger partial charge in [-0.05, 0) is 32.9 Å². The quantitative estimate of drug-likeness (QED) is 0.306. The maximum Gasteiger partial charge on any atom is 0.0862 e. The number of hydrogen-bond donors (Lipinski definition) is 3. The maximum absolute atomic E-state index is 8.93. The Bertz CT molecular complexity index is 535. The smallest absolute Gasteiger partial charge is 0.0862 e. The number of aliphatic hydroxyl groups excluding tert-OH is 1. The van der Waals surface area contributed by atoms with Crippen LogP contribution in [-0.4, -0.2) is 35.2 Å². The van der Waals surface area contributed by atoms with Gasteiger partial charge in [0.15, 0.2) is 0 Å². The summed E-state index contributed by atoms with van der Waals surface area (Å²) in [7, 11) is 2.04. The summed E-state index contributed by atoms with van der Waals surface area (Å²) in [5.41, 5.74) is 2.50. The van der Waals surface area contributed by atoms with Gasteiger partial charge in [-0.2, -0.15) is 0 Å². The molecule has 2 N–H and O–H groups in total. The first-order chi connectivity index (χ1) is 12.8. The number of allylic oxidation sites excluding steroid dienone is 2. The minimum absolute atomic E-state index is 0.198. The summed E-state index contributed by atoms with van der Waals surface area (Å²) < 4.78 is 0. The van der Waals surface area contributed by atoms with E-state index >= 15 is 0 Å². The van der Waals surface area contributed by atoms with E-state index < -0.39 is 0 Å². The van der Waals surface area contributed by atoms with Gasteiger partial charge in [0.1, 0.15) is 0 Å². The number of nitrogens with one attached hydrogen (secondary N) is 1. The molecule has 0 bridgehead atoms. The molecule has 5 heteroatoms. The van der Waals surface area contributed by atoms with Crippen LogP contribution >= 0.6 is 24.4 Å². The van der Waals surface area contributed by atoms with Crippen LogP contribution < -0.4 is 0 Å². The average molecular weight is 411 g/mol. The number of aryl methyl sites for hydroxylation is 1. The van der Waals surface area contributed by atoms with Crippen LogP contribution in [0.25, 0.3) is 0 Å². The first-order valence-corrected chi connectivity index (χ1v) is 10.7. The van der Waals surface area contributed by atoms with Crippen molar-refractivity contribution >= 4 is 30.6 Å². The fraction of sp³-hybridized carbons (Fsp3) is 0.500. The summed E-state index contributed by atoms with van der Waals surface area (Å²) in [5, 5.41) is 16.5. The van der Waals surface area contributed by atoms with Crippen LogP contribution in [-0.2, 0) is 0 Å². The second kappa shape index (κ2) is 17.0. The molecule has 0 radical (unpaired) electrons. The molecule has 3 nitrogen and oxygen atoms in total. The van der Waals surface area contributed by atoms with Gasteiger partial charge in [-0.15, -0.1) is 31.0 Å². The molecule has 1 aliphatic heterocycles. The Labute approximate surface area is 176 Å². The molecule has 2 unspecified atom stereocenters. The van der Waals surface area contributed by atoms with E-state index in [0.717, 1.165) is 11.3 Å². The Morgan fingerprint density at radius 3 is 2.15 bits per heavy atom. The van der Waals surface area contributed by atoms with Gasteiger partial charge >= 0.3 is 0 Å². The highest BCUT2D eigenvalue weighted by Gasteiger charge is 2.30. The monoisotopic (exact) mass is 410 g/mol. The van der Waals surface area contributed by atoms with Crippen LogP contribution in [0.15, 0.2) is 52.4 Å². The molecule has 0 saturated heterocycles. The van der Waals surface area contributed by atoms with Crippen LogP contribution in [0.1, 0.15) is 46.6 Å². The lowest BCUT2D eigenvalue weighted by Crippen LogP contribution is -2.30. The Hall–Kier alpha value is -1.17. The van der Waals surface area contributed by atoms with Crippen molar-refractivity contribution in [3.63, 3.8) is 0 Å². The van der Waals surface area contributed by atoms with Gasteiger partial charge in [-0.1, -0.05) is 44.5 Å². The standard InChI is InChI=1S/C10H18N2OS.C7H8S.C3H6.C2H6/c1-7(6-11)10-12(3)9(4-5-13)8(2)14-10;1-6-2-4-7(8)5-3-6;1-3-2;1-2/h6-7,10-11,13H,4-5H2,1-3H3;2-5,8H,1H3;3H,1H2,2H3;1-2H3. The molecule has 0 spiro atoms. The van der Waals surface area contributed by atoms with E-state index in [4.69, 9.17) is 10.5 Å². The largest absolute Gasteiger partial charge is 0.396 e. The Morgan fingerprint density at radius 2 is 1.78 bits per heavy atom. The third-order valence-electron chi connectivity index (χ3n) is 3.61. The summed E-state index contributed by atoms with van der Waals surface area (Å²) in [6.45, 7) is 15.6.